The van der Waals surface area contributed by atoms with Crippen molar-refractivity contribution in [3.63, 3.8) is 0 Å². The number of furan rings is 1. The van der Waals surface area contributed by atoms with Crippen molar-refractivity contribution in [2.75, 3.05) is 5.32 Å². The number of rotatable bonds is 7. The minimum absolute atomic E-state index is 0.0373. The number of nitrogens with zero attached hydrogens (tertiary/aromatic N) is 3. The van der Waals surface area contributed by atoms with Crippen LogP contribution in [0.4, 0.5) is 27.9 Å². The van der Waals surface area contributed by atoms with Gasteiger partial charge in [-0.05, 0) is 24.3 Å². The SMILES string of the molecule is O=C(Nc1ncn(Cc2c(F)cccc2Cl)n1)c1ccc(COc2c(F)c(F)cc(F)c2F)o1. The zero-order valence-electron chi connectivity index (χ0n) is 16.8. The Morgan fingerprint density at radius 1 is 1.06 bits per heavy atom. The average molecular weight is 499 g/mol. The molecule has 13 heteroatoms. The maximum atomic E-state index is 13.9. The van der Waals surface area contributed by atoms with Crippen LogP contribution in [-0.2, 0) is 13.2 Å². The lowest BCUT2D eigenvalue weighted by atomic mass is 10.2. The van der Waals surface area contributed by atoms with Gasteiger partial charge in [-0.3, -0.25) is 10.1 Å². The second kappa shape index (κ2) is 9.51. The molecule has 34 heavy (non-hydrogen) atoms. The molecular weight excluding hydrogens is 487 g/mol. The van der Waals surface area contributed by atoms with E-state index in [1.54, 1.807) is 0 Å². The Bertz CT molecular complexity index is 1330. The summed E-state index contributed by atoms with van der Waals surface area (Å²) in [4.78, 5) is 16.2. The van der Waals surface area contributed by atoms with E-state index in [4.69, 9.17) is 20.8 Å². The Balaban J connectivity index is 1.39. The molecule has 4 rings (SSSR count). The highest BCUT2D eigenvalue weighted by molar-refractivity contribution is 6.31. The average Bonchev–Trinajstić information content (AvgIpc) is 3.45. The molecule has 1 N–H and O–H groups in total. The number of carbonyl (C=O) groups excluding carboxylic acids is 1. The molecule has 4 aromatic rings. The Morgan fingerprint density at radius 3 is 2.50 bits per heavy atom. The van der Waals surface area contributed by atoms with Crippen molar-refractivity contribution in [1.82, 2.24) is 14.8 Å². The predicted octanol–water partition coefficient (Wildman–Crippen LogP) is 5.10. The second-order valence-electron chi connectivity index (χ2n) is 6.77. The summed E-state index contributed by atoms with van der Waals surface area (Å²) in [5.74, 6) is -9.66. The zero-order chi connectivity index (χ0) is 24.4. The fourth-order valence-electron chi connectivity index (χ4n) is 2.84. The standard InChI is InChI=1S/C21H12ClF5N4O3/c22-12-2-1-3-13(23)11(12)7-31-9-28-21(30-31)29-20(32)16-5-4-10(34-16)8-33-19-17(26)14(24)6-15(25)18(19)27/h1-6,9H,7-8H2,(H,29,30,32). The highest BCUT2D eigenvalue weighted by Crippen LogP contribution is 2.27. The first-order valence-corrected chi connectivity index (χ1v) is 9.79. The van der Waals surface area contributed by atoms with E-state index in [0.29, 0.717) is 0 Å². The fraction of sp³-hybridized carbons (Fsp3) is 0.0952. The van der Waals surface area contributed by atoms with E-state index >= 15 is 0 Å². The summed E-state index contributed by atoms with van der Waals surface area (Å²) in [7, 11) is 0. The van der Waals surface area contributed by atoms with Crippen LogP contribution < -0.4 is 10.1 Å². The number of benzene rings is 2. The van der Waals surface area contributed by atoms with Gasteiger partial charge >= 0.3 is 0 Å². The molecule has 176 valence electrons. The summed E-state index contributed by atoms with van der Waals surface area (Å²) in [5.41, 5.74) is 0.189. The molecule has 0 radical (unpaired) electrons. The molecule has 0 saturated heterocycles. The third kappa shape index (κ3) is 4.86. The molecule has 2 heterocycles. The van der Waals surface area contributed by atoms with Crippen LogP contribution in [0, 0.1) is 29.1 Å². The number of aromatic nitrogens is 3. The molecule has 0 aliphatic carbocycles. The van der Waals surface area contributed by atoms with Crippen molar-refractivity contribution in [2.24, 2.45) is 0 Å². The Labute approximate surface area is 192 Å². The van der Waals surface area contributed by atoms with Crippen molar-refractivity contribution < 1.29 is 35.9 Å². The molecular formula is C21H12ClF5N4O3. The largest absolute Gasteiger partial charge is 0.479 e. The first-order chi connectivity index (χ1) is 16.2. The maximum Gasteiger partial charge on any atom is 0.293 e. The van der Waals surface area contributed by atoms with Crippen LogP contribution in [-0.4, -0.2) is 20.7 Å². The number of hydrogen-bond donors (Lipinski definition) is 1. The van der Waals surface area contributed by atoms with E-state index < -0.39 is 47.3 Å². The molecule has 0 spiro atoms. The van der Waals surface area contributed by atoms with Crippen molar-refractivity contribution >= 4 is 23.5 Å². The number of ether oxygens (including phenoxy) is 1. The van der Waals surface area contributed by atoms with Crippen molar-refractivity contribution in [3.8, 4) is 5.75 Å². The Morgan fingerprint density at radius 2 is 1.79 bits per heavy atom. The summed E-state index contributed by atoms with van der Waals surface area (Å²) in [6.07, 6.45) is 1.25. The van der Waals surface area contributed by atoms with Crippen LogP contribution in [0.3, 0.4) is 0 Å². The quantitative estimate of drug-likeness (QED) is 0.283. The van der Waals surface area contributed by atoms with Crippen molar-refractivity contribution in [3.05, 3.63) is 93.9 Å². The number of anilines is 1. The first kappa shape index (κ1) is 23.2. The van der Waals surface area contributed by atoms with E-state index in [-0.39, 0.29) is 40.7 Å². The van der Waals surface area contributed by atoms with Gasteiger partial charge in [-0.15, -0.1) is 5.10 Å². The molecule has 0 fully saturated rings. The Kier molecular flexibility index (Phi) is 6.50. The molecule has 2 aromatic carbocycles. The summed E-state index contributed by atoms with van der Waals surface area (Å²) in [6, 6.07) is 6.75. The Hall–Kier alpha value is -3.93. The summed E-state index contributed by atoms with van der Waals surface area (Å²) >= 11 is 5.98. The summed E-state index contributed by atoms with van der Waals surface area (Å²) in [5, 5.41) is 6.55. The zero-order valence-corrected chi connectivity index (χ0v) is 17.5. The normalized spacial score (nSPS) is 11.0. The van der Waals surface area contributed by atoms with Gasteiger partial charge in [0.1, 0.15) is 24.5 Å². The molecule has 0 saturated carbocycles. The van der Waals surface area contributed by atoms with E-state index in [1.165, 1.54) is 41.3 Å². The summed E-state index contributed by atoms with van der Waals surface area (Å²) in [6.45, 7) is -0.662. The van der Waals surface area contributed by atoms with E-state index in [2.05, 4.69) is 15.4 Å². The van der Waals surface area contributed by atoms with Gasteiger partial charge in [0.05, 0.1) is 6.54 Å². The number of halogens is 6. The van der Waals surface area contributed by atoms with Gasteiger partial charge in [0, 0.05) is 16.7 Å². The van der Waals surface area contributed by atoms with Gasteiger partial charge in [-0.1, -0.05) is 17.7 Å². The van der Waals surface area contributed by atoms with Gasteiger partial charge in [0.25, 0.3) is 5.91 Å². The number of nitrogens with one attached hydrogen (secondary N) is 1. The predicted molar refractivity (Wildman–Crippen MR) is 108 cm³/mol. The molecule has 0 aliphatic rings. The van der Waals surface area contributed by atoms with Gasteiger partial charge < -0.3 is 9.15 Å². The lowest BCUT2D eigenvalue weighted by Gasteiger charge is -2.08. The topological polar surface area (TPSA) is 82.2 Å². The van der Waals surface area contributed by atoms with Gasteiger partial charge in [0.15, 0.2) is 23.1 Å². The molecule has 0 unspecified atom stereocenters. The van der Waals surface area contributed by atoms with E-state index in [9.17, 15) is 26.7 Å². The maximum absolute atomic E-state index is 13.9. The minimum atomic E-state index is -1.71. The fourth-order valence-corrected chi connectivity index (χ4v) is 3.06. The lowest BCUT2D eigenvalue weighted by molar-refractivity contribution is 0.0991. The first-order valence-electron chi connectivity index (χ1n) is 9.41. The minimum Gasteiger partial charge on any atom is -0.479 e. The molecule has 0 atom stereocenters. The second-order valence-corrected chi connectivity index (χ2v) is 7.18. The van der Waals surface area contributed by atoms with Crippen LogP contribution in [0.25, 0.3) is 0 Å². The van der Waals surface area contributed by atoms with E-state index in [0.717, 1.165) is 0 Å². The van der Waals surface area contributed by atoms with Gasteiger partial charge in [-0.25, -0.2) is 22.8 Å². The van der Waals surface area contributed by atoms with Crippen LogP contribution in [0.15, 0.2) is 47.1 Å². The summed E-state index contributed by atoms with van der Waals surface area (Å²) < 4.78 is 79.0. The molecule has 0 aliphatic heterocycles. The third-order valence-corrected chi connectivity index (χ3v) is 4.81. The number of amides is 1. The smallest absolute Gasteiger partial charge is 0.293 e. The number of carbonyl (C=O) groups is 1. The molecule has 0 bridgehead atoms. The lowest BCUT2D eigenvalue weighted by Crippen LogP contribution is -2.13. The third-order valence-electron chi connectivity index (χ3n) is 4.46. The van der Waals surface area contributed by atoms with Gasteiger partial charge in [-0.2, -0.15) is 8.78 Å². The molecule has 1 amide bonds. The van der Waals surface area contributed by atoms with Gasteiger partial charge in [0.2, 0.25) is 17.6 Å². The monoisotopic (exact) mass is 498 g/mol. The molecule has 2 aromatic heterocycles. The molecule has 7 nitrogen and oxygen atoms in total. The number of hydrogen-bond acceptors (Lipinski definition) is 5. The van der Waals surface area contributed by atoms with Crippen molar-refractivity contribution in [2.45, 2.75) is 13.2 Å². The van der Waals surface area contributed by atoms with Crippen LogP contribution in [0.5, 0.6) is 5.75 Å². The highest BCUT2D eigenvalue weighted by atomic mass is 35.5. The van der Waals surface area contributed by atoms with Crippen LogP contribution >= 0.6 is 11.6 Å². The van der Waals surface area contributed by atoms with E-state index in [1.807, 2.05) is 0 Å². The van der Waals surface area contributed by atoms with Crippen LogP contribution in [0.2, 0.25) is 5.02 Å². The van der Waals surface area contributed by atoms with Crippen molar-refractivity contribution in [1.29, 1.82) is 0 Å². The van der Waals surface area contributed by atoms with Crippen LogP contribution in [0.1, 0.15) is 21.9 Å². The highest BCUT2D eigenvalue weighted by Gasteiger charge is 2.21.